The van der Waals surface area contributed by atoms with Crippen molar-refractivity contribution in [2.75, 3.05) is 11.9 Å². The average Bonchev–Trinajstić information content (AvgIpc) is 3.03. The lowest BCUT2D eigenvalue weighted by Crippen LogP contribution is -2.12. The quantitative estimate of drug-likeness (QED) is 0.492. The number of hydrogen-bond acceptors (Lipinski definition) is 6. The zero-order valence-electron chi connectivity index (χ0n) is 14.4. The molecule has 25 heavy (non-hydrogen) atoms. The summed E-state index contributed by atoms with van der Waals surface area (Å²) in [5.41, 5.74) is 5.22. The van der Waals surface area contributed by atoms with E-state index in [1.54, 1.807) is 17.5 Å². The first-order chi connectivity index (χ1) is 12.1. The van der Waals surface area contributed by atoms with Crippen molar-refractivity contribution in [3.8, 4) is 10.7 Å². The fourth-order valence-corrected chi connectivity index (χ4v) is 3.31. The van der Waals surface area contributed by atoms with Crippen molar-refractivity contribution in [2.24, 2.45) is 0 Å². The number of nitrogens with one attached hydrogen (secondary N) is 2. The van der Waals surface area contributed by atoms with E-state index in [0.29, 0.717) is 5.95 Å². The molecule has 0 atom stereocenters. The molecule has 0 amide bonds. The van der Waals surface area contributed by atoms with Crippen LogP contribution in [0.2, 0.25) is 0 Å². The van der Waals surface area contributed by atoms with Gasteiger partial charge in [-0.2, -0.15) is 0 Å². The van der Waals surface area contributed by atoms with Gasteiger partial charge >= 0.3 is 0 Å². The summed E-state index contributed by atoms with van der Waals surface area (Å²) < 4.78 is 0. The standard InChI is InChI=1S/C19H21N5S/c1-4-6-20-11-16-12-25-18(22-16)17-5-7-21-19(24-17)23-15-9-13(2)8-14(3)10-15/h4-5,7-10,12,20H,1,6,11H2,2-3H3,(H,21,23,24). The van der Waals surface area contributed by atoms with Gasteiger partial charge in [0.1, 0.15) is 10.7 Å². The Balaban J connectivity index is 1.76. The second-order valence-electron chi connectivity index (χ2n) is 5.83. The highest BCUT2D eigenvalue weighted by molar-refractivity contribution is 7.13. The van der Waals surface area contributed by atoms with Gasteiger partial charge in [-0.25, -0.2) is 15.0 Å². The molecule has 0 radical (unpaired) electrons. The number of aryl methyl sites for hydroxylation is 2. The summed E-state index contributed by atoms with van der Waals surface area (Å²) in [6.07, 6.45) is 3.59. The maximum absolute atomic E-state index is 4.63. The predicted octanol–water partition coefficient (Wildman–Crippen LogP) is 4.24. The number of benzene rings is 1. The molecule has 2 N–H and O–H groups in total. The minimum absolute atomic E-state index is 0.573. The average molecular weight is 351 g/mol. The zero-order valence-corrected chi connectivity index (χ0v) is 15.2. The molecular weight excluding hydrogens is 330 g/mol. The molecule has 2 aromatic heterocycles. The largest absolute Gasteiger partial charge is 0.324 e. The molecule has 0 spiro atoms. The Bertz CT molecular complexity index is 852. The molecule has 0 saturated heterocycles. The fraction of sp³-hybridized carbons (Fsp3) is 0.211. The lowest BCUT2D eigenvalue weighted by Gasteiger charge is -2.07. The van der Waals surface area contributed by atoms with Crippen molar-refractivity contribution in [3.05, 3.63) is 65.3 Å². The first-order valence-corrected chi connectivity index (χ1v) is 8.97. The molecule has 0 bridgehead atoms. The van der Waals surface area contributed by atoms with Crippen LogP contribution in [0.15, 0.2) is 48.5 Å². The molecule has 128 valence electrons. The minimum atomic E-state index is 0.573. The summed E-state index contributed by atoms with van der Waals surface area (Å²) in [4.78, 5) is 13.5. The number of hydrogen-bond donors (Lipinski definition) is 2. The van der Waals surface area contributed by atoms with E-state index in [9.17, 15) is 0 Å². The summed E-state index contributed by atoms with van der Waals surface area (Å²) in [5.74, 6) is 0.573. The summed E-state index contributed by atoms with van der Waals surface area (Å²) in [6.45, 7) is 9.34. The van der Waals surface area contributed by atoms with E-state index in [4.69, 9.17) is 0 Å². The Hall–Kier alpha value is -2.57. The summed E-state index contributed by atoms with van der Waals surface area (Å²) in [6, 6.07) is 8.18. The van der Waals surface area contributed by atoms with Crippen LogP contribution in [0.25, 0.3) is 10.7 Å². The highest BCUT2D eigenvalue weighted by Gasteiger charge is 2.08. The van der Waals surface area contributed by atoms with Crippen molar-refractivity contribution in [1.82, 2.24) is 20.3 Å². The first kappa shape index (κ1) is 17.3. The van der Waals surface area contributed by atoms with Gasteiger partial charge in [-0.05, 0) is 43.2 Å². The first-order valence-electron chi connectivity index (χ1n) is 8.09. The molecule has 3 aromatic rings. The van der Waals surface area contributed by atoms with Crippen LogP contribution in [0.4, 0.5) is 11.6 Å². The van der Waals surface area contributed by atoms with Gasteiger partial charge in [-0.1, -0.05) is 12.1 Å². The lowest BCUT2D eigenvalue weighted by molar-refractivity contribution is 0.746. The number of nitrogens with zero attached hydrogens (tertiary/aromatic N) is 3. The summed E-state index contributed by atoms with van der Waals surface area (Å²) in [7, 11) is 0. The molecule has 0 unspecified atom stereocenters. The molecule has 2 heterocycles. The van der Waals surface area contributed by atoms with Gasteiger partial charge in [0.2, 0.25) is 5.95 Å². The van der Waals surface area contributed by atoms with E-state index in [-0.39, 0.29) is 0 Å². The van der Waals surface area contributed by atoms with Gasteiger partial charge in [0, 0.05) is 30.4 Å². The third kappa shape index (κ3) is 4.71. The Morgan fingerprint density at radius 1 is 1.16 bits per heavy atom. The summed E-state index contributed by atoms with van der Waals surface area (Å²) in [5, 5.41) is 9.46. The van der Waals surface area contributed by atoms with Crippen molar-refractivity contribution in [1.29, 1.82) is 0 Å². The van der Waals surface area contributed by atoms with Crippen molar-refractivity contribution in [2.45, 2.75) is 20.4 Å². The van der Waals surface area contributed by atoms with Crippen molar-refractivity contribution in [3.63, 3.8) is 0 Å². The van der Waals surface area contributed by atoms with Gasteiger partial charge in [0.25, 0.3) is 0 Å². The topological polar surface area (TPSA) is 62.7 Å². The predicted molar refractivity (Wildman–Crippen MR) is 104 cm³/mol. The number of aromatic nitrogens is 3. The third-order valence-corrected chi connectivity index (χ3v) is 4.41. The van der Waals surface area contributed by atoms with Crippen molar-refractivity contribution < 1.29 is 0 Å². The molecule has 0 aliphatic heterocycles. The maximum atomic E-state index is 4.63. The van der Waals surface area contributed by atoms with E-state index < -0.39 is 0 Å². The highest BCUT2D eigenvalue weighted by Crippen LogP contribution is 2.24. The van der Waals surface area contributed by atoms with Crippen LogP contribution in [-0.4, -0.2) is 21.5 Å². The Morgan fingerprint density at radius 3 is 2.72 bits per heavy atom. The Kier molecular flexibility index (Phi) is 5.53. The maximum Gasteiger partial charge on any atom is 0.227 e. The van der Waals surface area contributed by atoms with E-state index >= 15 is 0 Å². The smallest absolute Gasteiger partial charge is 0.227 e. The van der Waals surface area contributed by atoms with Gasteiger partial charge in [0.05, 0.1) is 5.69 Å². The van der Waals surface area contributed by atoms with Gasteiger partial charge in [-0.3, -0.25) is 0 Å². The van der Waals surface area contributed by atoms with Crippen LogP contribution in [0.3, 0.4) is 0 Å². The van der Waals surface area contributed by atoms with Gasteiger partial charge in [0.15, 0.2) is 0 Å². The van der Waals surface area contributed by atoms with E-state index in [2.05, 4.69) is 64.2 Å². The SMILES string of the molecule is C=CCNCc1csc(-c2ccnc(Nc3cc(C)cc(C)c3)n2)n1. The number of rotatable bonds is 7. The van der Waals surface area contributed by atoms with E-state index in [0.717, 1.165) is 35.2 Å². The van der Waals surface area contributed by atoms with Crippen LogP contribution in [0.1, 0.15) is 16.8 Å². The van der Waals surface area contributed by atoms with Gasteiger partial charge < -0.3 is 10.6 Å². The molecule has 0 aliphatic carbocycles. The molecule has 5 nitrogen and oxygen atoms in total. The highest BCUT2D eigenvalue weighted by atomic mass is 32.1. The normalized spacial score (nSPS) is 10.6. The Labute approximate surface area is 151 Å². The van der Waals surface area contributed by atoms with Crippen LogP contribution in [0.5, 0.6) is 0 Å². The van der Waals surface area contributed by atoms with Crippen LogP contribution in [-0.2, 0) is 6.54 Å². The second kappa shape index (κ2) is 8.00. The minimum Gasteiger partial charge on any atom is -0.324 e. The van der Waals surface area contributed by atoms with Crippen LogP contribution in [0, 0.1) is 13.8 Å². The fourth-order valence-electron chi connectivity index (χ4n) is 2.52. The molecule has 0 aliphatic rings. The molecule has 0 fully saturated rings. The molecule has 3 rings (SSSR count). The molecule has 1 aromatic carbocycles. The summed E-state index contributed by atoms with van der Waals surface area (Å²) >= 11 is 1.59. The zero-order chi connectivity index (χ0) is 17.6. The number of anilines is 2. The number of thiazole rings is 1. The second-order valence-corrected chi connectivity index (χ2v) is 6.69. The van der Waals surface area contributed by atoms with E-state index in [1.807, 2.05) is 17.5 Å². The lowest BCUT2D eigenvalue weighted by atomic mass is 10.1. The van der Waals surface area contributed by atoms with E-state index in [1.165, 1.54) is 11.1 Å². The molecular formula is C19H21N5S. The Morgan fingerprint density at radius 2 is 1.96 bits per heavy atom. The van der Waals surface area contributed by atoms with Gasteiger partial charge in [-0.15, -0.1) is 17.9 Å². The molecule has 6 heteroatoms. The monoisotopic (exact) mass is 351 g/mol. The van der Waals surface area contributed by atoms with Crippen LogP contribution >= 0.6 is 11.3 Å². The van der Waals surface area contributed by atoms with Crippen molar-refractivity contribution >= 4 is 23.0 Å². The molecule has 0 saturated carbocycles. The third-order valence-electron chi connectivity index (χ3n) is 3.50. The van der Waals surface area contributed by atoms with Crippen LogP contribution < -0.4 is 10.6 Å².